The molecule has 0 aromatic heterocycles. The van der Waals surface area contributed by atoms with Crippen LogP contribution in [0.5, 0.6) is 0 Å². The predicted octanol–water partition coefficient (Wildman–Crippen LogP) is -0.535. The molecule has 0 radical (unpaired) electrons. The van der Waals surface area contributed by atoms with Crippen LogP contribution >= 0.6 is 12.4 Å². The van der Waals surface area contributed by atoms with Gasteiger partial charge in [-0.1, -0.05) is 0 Å². The van der Waals surface area contributed by atoms with Crippen LogP contribution in [0, 0.1) is 11.8 Å². The average molecular weight is 413 g/mol. The number of halogens is 1. The number of imide groups is 1. The molecule has 9 heteroatoms. The fourth-order valence-electron chi connectivity index (χ4n) is 5.78. The lowest BCUT2D eigenvalue weighted by Crippen LogP contribution is -2.52. The van der Waals surface area contributed by atoms with E-state index in [1.165, 1.54) is 4.90 Å². The fraction of sp³-hybridized carbons (Fsp3) is 0.842. The van der Waals surface area contributed by atoms with Gasteiger partial charge in [-0.25, -0.2) is 0 Å². The van der Waals surface area contributed by atoms with E-state index in [0.29, 0.717) is 19.1 Å². The maximum absolute atomic E-state index is 13.1. The highest BCUT2D eigenvalue weighted by molar-refractivity contribution is 6.09. The molecule has 5 rings (SSSR count). The van der Waals surface area contributed by atoms with Crippen LogP contribution in [0.3, 0.4) is 0 Å². The Hall–Kier alpha value is -1.22. The van der Waals surface area contributed by atoms with Crippen molar-refractivity contribution in [3.63, 3.8) is 0 Å². The molecule has 0 aromatic carbocycles. The summed E-state index contributed by atoms with van der Waals surface area (Å²) in [5.41, 5.74) is 0. The number of fused-ring (bicyclic) bond motifs is 5. The van der Waals surface area contributed by atoms with Gasteiger partial charge in [-0.3, -0.25) is 24.2 Å². The average Bonchev–Trinajstić information content (AvgIpc) is 3.45. The molecule has 0 aromatic rings. The van der Waals surface area contributed by atoms with Crippen molar-refractivity contribution in [1.29, 1.82) is 0 Å². The van der Waals surface area contributed by atoms with Crippen molar-refractivity contribution in [2.24, 2.45) is 11.8 Å². The van der Waals surface area contributed by atoms with Crippen molar-refractivity contribution in [2.45, 2.75) is 50.5 Å². The molecule has 5 fully saturated rings. The smallest absolute Gasteiger partial charge is 0.245 e. The van der Waals surface area contributed by atoms with E-state index in [1.807, 2.05) is 4.90 Å². The van der Waals surface area contributed by atoms with Gasteiger partial charge in [-0.15, -0.1) is 12.4 Å². The van der Waals surface area contributed by atoms with Gasteiger partial charge in [0.1, 0.15) is 6.04 Å². The summed E-state index contributed by atoms with van der Waals surface area (Å²) >= 11 is 0. The van der Waals surface area contributed by atoms with E-state index in [2.05, 4.69) is 10.2 Å². The highest BCUT2D eigenvalue weighted by atomic mass is 35.5. The molecular weight excluding hydrogens is 384 g/mol. The normalized spacial score (nSPS) is 38.7. The minimum atomic E-state index is -0.711. The zero-order valence-corrected chi connectivity index (χ0v) is 17.0. The molecule has 6 atom stereocenters. The van der Waals surface area contributed by atoms with Gasteiger partial charge < -0.3 is 15.0 Å². The van der Waals surface area contributed by atoms with Gasteiger partial charge >= 0.3 is 0 Å². The Morgan fingerprint density at radius 2 is 1.64 bits per heavy atom. The molecule has 3 amide bonds. The summed E-state index contributed by atoms with van der Waals surface area (Å²) in [5.74, 6) is -1.22. The summed E-state index contributed by atoms with van der Waals surface area (Å²) < 4.78 is 5.78. The summed E-state index contributed by atoms with van der Waals surface area (Å²) in [4.78, 5) is 44.4. The topological polar surface area (TPSA) is 82.2 Å². The van der Waals surface area contributed by atoms with Crippen molar-refractivity contribution >= 4 is 30.1 Å². The second kappa shape index (κ2) is 7.55. The van der Waals surface area contributed by atoms with Crippen molar-refractivity contribution in [3.05, 3.63) is 0 Å². The van der Waals surface area contributed by atoms with Crippen LogP contribution < -0.4 is 5.32 Å². The third-order valence-electron chi connectivity index (χ3n) is 7.21. The van der Waals surface area contributed by atoms with Gasteiger partial charge in [0.2, 0.25) is 17.7 Å². The monoisotopic (exact) mass is 412 g/mol. The lowest BCUT2D eigenvalue weighted by atomic mass is 9.81. The standard InChI is InChI=1S/C19H28N4O4.ClH/c1-11(17(24)22-7-4-12(10-22)21-8-5-20-6-9-21)23-18(25)15-13-2-3-14(27-13)16(15)19(23)26;/h11-16,20H,2-10H2,1H3;1H. The van der Waals surface area contributed by atoms with E-state index in [9.17, 15) is 14.4 Å². The second-order valence-electron chi connectivity index (χ2n) is 8.58. The van der Waals surface area contributed by atoms with E-state index in [0.717, 1.165) is 45.4 Å². The van der Waals surface area contributed by atoms with Crippen molar-refractivity contribution in [3.8, 4) is 0 Å². The number of rotatable bonds is 3. The zero-order valence-electron chi connectivity index (χ0n) is 16.2. The SMILES string of the molecule is CC(C(=O)N1CCC(N2CCNCC2)C1)N1C(=O)C2C3CCC(O3)C2C1=O.Cl. The quantitative estimate of drug-likeness (QED) is 0.627. The van der Waals surface area contributed by atoms with Crippen LogP contribution in [0.25, 0.3) is 0 Å². The first-order valence-corrected chi connectivity index (χ1v) is 10.3. The largest absolute Gasteiger partial charge is 0.373 e. The Bertz CT molecular complexity index is 642. The van der Waals surface area contributed by atoms with Crippen LogP contribution in [0.4, 0.5) is 0 Å². The van der Waals surface area contributed by atoms with Crippen LogP contribution in [0.2, 0.25) is 0 Å². The number of hydrogen-bond acceptors (Lipinski definition) is 6. The number of ether oxygens (including phenoxy) is 1. The molecule has 5 heterocycles. The summed E-state index contributed by atoms with van der Waals surface area (Å²) in [7, 11) is 0. The van der Waals surface area contributed by atoms with Gasteiger partial charge in [-0.05, 0) is 26.2 Å². The van der Waals surface area contributed by atoms with Crippen LogP contribution in [-0.2, 0) is 19.1 Å². The molecule has 6 unspecified atom stereocenters. The summed E-state index contributed by atoms with van der Waals surface area (Å²) in [6.45, 7) is 7.11. The molecule has 156 valence electrons. The minimum absolute atomic E-state index is 0. The molecule has 5 aliphatic rings. The van der Waals surface area contributed by atoms with E-state index < -0.39 is 6.04 Å². The molecule has 0 aliphatic carbocycles. The van der Waals surface area contributed by atoms with Crippen LogP contribution in [0.15, 0.2) is 0 Å². The summed E-state index contributed by atoms with van der Waals surface area (Å²) in [6, 6.07) is -0.325. The first-order chi connectivity index (χ1) is 13.1. The summed E-state index contributed by atoms with van der Waals surface area (Å²) in [6.07, 6.45) is 2.39. The van der Waals surface area contributed by atoms with Gasteiger partial charge in [0.25, 0.3) is 0 Å². The van der Waals surface area contributed by atoms with E-state index in [1.54, 1.807) is 6.92 Å². The lowest BCUT2D eigenvalue weighted by Gasteiger charge is -2.33. The van der Waals surface area contributed by atoms with Crippen molar-refractivity contribution < 1.29 is 19.1 Å². The number of amides is 3. The number of piperazine rings is 1. The zero-order chi connectivity index (χ0) is 18.7. The molecule has 8 nitrogen and oxygen atoms in total. The number of nitrogens with zero attached hydrogens (tertiary/aromatic N) is 3. The Balaban J connectivity index is 0.00000192. The number of nitrogens with one attached hydrogen (secondary N) is 1. The Morgan fingerprint density at radius 3 is 2.25 bits per heavy atom. The van der Waals surface area contributed by atoms with Gasteiger partial charge in [-0.2, -0.15) is 0 Å². The highest BCUT2D eigenvalue weighted by Gasteiger charge is 2.63. The highest BCUT2D eigenvalue weighted by Crippen LogP contribution is 2.49. The van der Waals surface area contributed by atoms with Crippen molar-refractivity contribution in [2.75, 3.05) is 39.3 Å². The van der Waals surface area contributed by atoms with Crippen LogP contribution in [0.1, 0.15) is 26.2 Å². The Labute approximate surface area is 171 Å². The number of likely N-dealkylation sites (tertiary alicyclic amines) is 2. The second-order valence-corrected chi connectivity index (χ2v) is 8.58. The van der Waals surface area contributed by atoms with E-state index >= 15 is 0 Å². The molecule has 5 saturated heterocycles. The Kier molecular flexibility index (Phi) is 5.41. The molecular formula is C19H29ClN4O4. The molecule has 5 aliphatic heterocycles. The maximum Gasteiger partial charge on any atom is 0.245 e. The fourth-order valence-corrected chi connectivity index (χ4v) is 5.78. The number of carbonyl (C=O) groups is 3. The lowest BCUT2D eigenvalue weighted by molar-refractivity contribution is -0.152. The Morgan fingerprint density at radius 1 is 1.04 bits per heavy atom. The predicted molar refractivity (Wildman–Crippen MR) is 103 cm³/mol. The van der Waals surface area contributed by atoms with Gasteiger partial charge in [0, 0.05) is 45.3 Å². The molecule has 28 heavy (non-hydrogen) atoms. The van der Waals surface area contributed by atoms with E-state index in [4.69, 9.17) is 4.74 Å². The number of carbonyl (C=O) groups excluding carboxylic acids is 3. The first kappa shape index (κ1) is 20.1. The molecule has 1 N–H and O–H groups in total. The molecule has 0 spiro atoms. The summed E-state index contributed by atoms with van der Waals surface area (Å²) in [5, 5.41) is 3.35. The van der Waals surface area contributed by atoms with Gasteiger partial charge in [0.05, 0.1) is 24.0 Å². The maximum atomic E-state index is 13.1. The van der Waals surface area contributed by atoms with Crippen molar-refractivity contribution in [1.82, 2.24) is 20.0 Å². The number of hydrogen-bond donors (Lipinski definition) is 1. The minimum Gasteiger partial charge on any atom is -0.373 e. The molecule has 2 bridgehead atoms. The third-order valence-corrected chi connectivity index (χ3v) is 7.21. The van der Waals surface area contributed by atoms with Gasteiger partial charge in [0.15, 0.2) is 0 Å². The first-order valence-electron chi connectivity index (χ1n) is 10.3. The molecule has 0 saturated carbocycles. The van der Waals surface area contributed by atoms with Crippen LogP contribution in [-0.4, -0.2) is 96.0 Å². The third kappa shape index (κ3) is 2.96. The van der Waals surface area contributed by atoms with E-state index in [-0.39, 0.29) is 54.2 Å².